The van der Waals surface area contributed by atoms with Crippen LogP contribution in [0.4, 0.5) is 17.1 Å². The van der Waals surface area contributed by atoms with E-state index in [4.69, 9.17) is 9.47 Å². The third-order valence-electron chi connectivity index (χ3n) is 4.39. The molecule has 26 heavy (non-hydrogen) atoms. The van der Waals surface area contributed by atoms with Gasteiger partial charge in [0.05, 0.1) is 24.6 Å². The largest absolute Gasteiger partial charge is 0.380 e. The van der Waals surface area contributed by atoms with Crippen LogP contribution in [0.3, 0.4) is 0 Å². The highest BCUT2D eigenvalue weighted by molar-refractivity contribution is 7.99. The number of nitrogens with zero attached hydrogens (tertiary/aromatic N) is 1. The topological polar surface area (TPSA) is 21.7 Å². The van der Waals surface area contributed by atoms with Gasteiger partial charge in [-0.3, -0.25) is 0 Å². The van der Waals surface area contributed by atoms with Gasteiger partial charge in [0.2, 0.25) is 0 Å². The summed E-state index contributed by atoms with van der Waals surface area (Å²) < 4.78 is 10.6. The summed E-state index contributed by atoms with van der Waals surface area (Å²) in [7, 11) is 3.46. The van der Waals surface area contributed by atoms with Crippen molar-refractivity contribution in [2.45, 2.75) is 23.0 Å². The van der Waals surface area contributed by atoms with Gasteiger partial charge in [0.25, 0.3) is 0 Å². The molecule has 1 aliphatic heterocycles. The van der Waals surface area contributed by atoms with Crippen molar-refractivity contribution in [3.63, 3.8) is 0 Å². The van der Waals surface area contributed by atoms with Crippen LogP contribution in [0.1, 0.15) is 11.1 Å². The van der Waals surface area contributed by atoms with Crippen LogP contribution in [0, 0.1) is 0 Å². The molecule has 3 aromatic rings. The molecule has 0 atom stereocenters. The number of ether oxygens (including phenoxy) is 2. The molecule has 0 aliphatic carbocycles. The lowest BCUT2D eigenvalue weighted by Gasteiger charge is -2.33. The van der Waals surface area contributed by atoms with Gasteiger partial charge in [-0.25, -0.2) is 0 Å². The summed E-state index contributed by atoms with van der Waals surface area (Å²) in [5.74, 6) is 0. The van der Waals surface area contributed by atoms with E-state index in [1.54, 1.807) is 14.2 Å². The van der Waals surface area contributed by atoms with Crippen molar-refractivity contribution in [1.29, 1.82) is 0 Å². The number of benzene rings is 3. The standard InChI is InChI=1S/C22H21NO2S/c1-24-14-16-9-11-21-20(12-16)23(18-6-4-3-5-7-18)19-10-8-17(15-25-2)13-22(19)26-21/h3-13H,14-15H2,1-2H3. The van der Waals surface area contributed by atoms with Crippen LogP contribution >= 0.6 is 11.8 Å². The zero-order valence-electron chi connectivity index (χ0n) is 14.9. The van der Waals surface area contributed by atoms with E-state index in [1.807, 2.05) is 17.8 Å². The molecule has 3 nitrogen and oxygen atoms in total. The Labute approximate surface area is 158 Å². The Morgan fingerprint density at radius 1 is 0.731 bits per heavy atom. The molecule has 1 heterocycles. The lowest BCUT2D eigenvalue weighted by molar-refractivity contribution is 0.184. The normalized spacial score (nSPS) is 12.6. The second kappa shape index (κ2) is 7.54. The van der Waals surface area contributed by atoms with E-state index in [0.717, 1.165) is 5.69 Å². The van der Waals surface area contributed by atoms with Crippen LogP contribution in [0.25, 0.3) is 0 Å². The van der Waals surface area contributed by atoms with E-state index < -0.39 is 0 Å². The molecule has 0 amide bonds. The predicted octanol–water partition coefficient (Wildman–Crippen LogP) is 5.91. The lowest BCUT2D eigenvalue weighted by atomic mass is 10.1. The maximum Gasteiger partial charge on any atom is 0.0713 e. The molecule has 3 aromatic carbocycles. The third-order valence-corrected chi connectivity index (χ3v) is 5.50. The van der Waals surface area contributed by atoms with Crippen LogP contribution in [0.15, 0.2) is 76.5 Å². The van der Waals surface area contributed by atoms with Crippen LogP contribution in [-0.4, -0.2) is 14.2 Å². The van der Waals surface area contributed by atoms with Gasteiger partial charge < -0.3 is 14.4 Å². The molecule has 0 saturated carbocycles. The number of hydrogen-bond acceptors (Lipinski definition) is 4. The zero-order valence-corrected chi connectivity index (χ0v) is 15.8. The SMILES string of the molecule is COCc1ccc2c(c1)Sc1ccc(COC)cc1N2c1ccccc1. The Morgan fingerprint density at radius 2 is 1.42 bits per heavy atom. The molecule has 132 valence electrons. The molecule has 0 aromatic heterocycles. The van der Waals surface area contributed by atoms with Crippen LogP contribution < -0.4 is 4.90 Å². The van der Waals surface area contributed by atoms with Crippen LogP contribution in [0.2, 0.25) is 0 Å². The number of rotatable bonds is 5. The molecule has 4 rings (SSSR count). The molecule has 0 fully saturated rings. The van der Waals surface area contributed by atoms with Gasteiger partial charge in [-0.1, -0.05) is 42.1 Å². The van der Waals surface area contributed by atoms with E-state index in [2.05, 4.69) is 65.6 Å². The fourth-order valence-electron chi connectivity index (χ4n) is 3.27. The number of hydrogen-bond donors (Lipinski definition) is 0. The molecular weight excluding hydrogens is 342 g/mol. The van der Waals surface area contributed by atoms with Crippen molar-refractivity contribution < 1.29 is 9.47 Å². The van der Waals surface area contributed by atoms with E-state index in [-0.39, 0.29) is 0 Å². The van der Waals surface area contributed by atoms with Gasteiger partial charge in [-0.2, -0.15) is 0 Å². The number of para-hydroxylation sites is 1. The summed E-state index contributed by atoms with van der Waals surface area (Å²) in [6.45, 7) is 1.24. The molecule has 0 saturated heterocycles. The van der Waals surface area contributed by atoms with E-state index >= 15 is 0 Å². The van der Waals surface area contributed by atoms with Crippen LogP contribution in [0.5, 0.6) is 0 Å². The number of methoxy groups -OCH3 is 2. The number of fused-ring (bicyclic) bond motifs is 2. The molecule has 0 radical (unpaired) electrons. The maximum atomic E-state index is 5.33. The van der Waals surface area contributed by atoms with Gasteiger partial charge in [0.1, 0.15) is 0 Å². The summed E-state index contributed by atoms with van der Waals surface area (Å²) in [4.78, 5) is 4.82. The molecule has 0 N–H and O–H groups in total. The molecular formula is C22H21NO2S. The lowest BCUT2D eigenvalue weighted by Crippen LogP contribution is -2.15. The minimum absolute atomic E-state index is 0.611. The molecule has 1 aliphatic rings. The van der Waals surface area contributed by atoms with Gasteiger partial charge in [0, 0.05) is 29.7 Å². The van der Waals surface area contributed by atoms with Crippen LogP contribution in [-0.2, 0) is 22.7 Å². The molecule has 4 heteroatoms. The highest BCUT2D eigenvalue weighted by Gasteiger charge is 2.25. The second-order valence-electron chi connectivity index (χ2n) is 6.24. The van der Waals surface area contributed by atoms with Crippen molar-refractivity contribution in [3.05, 3.63) is 77.9 Å². The predicted molar refractivity (Wildman–Crippen MR) is 107 cm³/mol. The fraction of sp³-hybridized carbons (Fsp3) is 0.182. The first kappa shape index (κ1) is 17.2. The Balaban J connectivity index is 1.86. The van der Waals surface area contributed by atoms with Gasteiger partial charge >= 0.3 is 0 Å². The molecule has 0 bridgehead atoms. The Morgan fingerprint density at radius 3 is 2.15 bits per heavy atom. The first-order valence-corrected chi connectivity index (χ1v) is 9.38. The highest BCUT2D eigenvalue weighted by atomic mass is 32.2. The van der Waals surface area contributed by atoms with E-state index in [1.165, 1.54) is 32.3 Å². The first-order valence-electron chi connectivity index (χ1n) is 8.57. The fourth-order valence-corrected chi connectivity index (χ4v) is 4.37. The third kappa shape index (κ3) is 3.23. The van der Waals surface area contributed by atoms with E-state index in [0.29, 0.717) is 13.2 Å². The van der Waals surface area contributed by atoms with Crippen molar-refractivity contribution in [2.24, 2.45) is 0 Å². The smallest absolute Gasteiger partial charge is 0.0713 e. The van der Waals surface area contributed by atoms with Crippen molar-refractivity contribution >= 4 is 28.8 Å². The van der Waals surface area contributed by atoms with E-state index in [9.17, 15) is 0 Å². The minimum atomic E-state index is 0.611. The van der Waals surface area contributed by atoms with Gasteiger partial charge in [-0.15, -0.1) is 0 Å². The second-order valence-corrected chi connectivity index (χ2v) is 7.33. The highest BCUT2D eigenvalue weighted by Crippen LogP contribution is 2.51. The average molecular weight is 363 g/mol. The van der Waals surface area contributed by atoms with Gasteiger partial charge in [-0.05, 0) is 47.5 Å². The first-order chi connectivity index (χ1) is 12.8. The number of anilines is 3. The Hall–Kier alpha value is -2.27. The van der Waals surface area contributed by atoms with Gasteiger partial charge in [0.15, 0.2) is 0 Å². The Bertz CT molecular complexity index is 911. The Kier molecular flexibility index (Phi) is 4.98. The van der Waals surface area contributed by atoms with Crippen molar-refractivity contribution in [3.8, 4) is 0 Å². The summed E-state index contributed by atoms with van der Waals surface area (Å²) in [5.41, 5.74) is 5.91. The molecule has 0 spiro atoms. The summed E-state index contributed by atoms with van der Waals surface area (Å²) in [6, 6.07) is 23.6. The minimum Gasteiger partial charge on any atom is -0.380 e. The average Bonchev–Trinajstić information content (AvgIpc) is 2.67. The summed E-state index contributed by atoms with van der Waals surface area (Å²) in [6.07, 6.45) is 0. The monoisotopic (exact) mass is 363 g/mol. The van der Waals surface area contributed by atoms with Crippen molar-refractivity contribution in [1.82, 2.24) is 0 Å². The quantitative estimate of drug-likeness (QED) is 0.439. The maximum absolute atomic E-state index is 5.33. The summed E-state index contributed by atoms with van der Waals surface area (Å²) in [5, 5.41) is 0. The van der Waals surface area contributed by atoms with Crippen molar-refractivity contribution in [2.75, 3.05) is 19.1 Å². The molecule has 0 unspecified atom stereocenters. The zero-order chi connectivity index (χ0) is 17.9. The summed E-state index contributed by atoms with van der Waals surface area (Å²) >= 11 is 1.81.